The van der Waals surface area contributed by atoms with Crippen molar-refractivity contribution in [2.24, 2.45) is 7.05 Å². The molecule has 0 aliphatic rings. The van der Waals surface area contributed by atoms with Crippen LogP contribution in [-0.2, 0) is 11.8 Å². The number of carboxylic acids is 1. The first-order valence-electron chi connectivity index (χ1n) is 6.49. The highest BCUT2D eigenvalue weighted by atomic mass is 16.4. The molecule has 1 aromatic carbocycles. The second-order valence-electron chi connectivity index (χ2n) is 4.93. The third kappa shape index (κ3) is 3.10. The Bertz CT molecular complexity index is 691. The fraction of sp³-hybridized carbons (Fsp3) is 0.267. The molecule has 1 aromatic heterocycles. The number of nitrogens with one attached hydrogen (secondary N) is 1. The van der Waals surface area contributed by atoms with E-state index in [1.54, 1.807) is 19.2 Å². The summed E-state index contributed by atoms with van der Waals surface area (Å²) in [5.41, 5.74) is 2.90. The third-order valence-corrected chi connectivity index (χ3v) is 3.44. The molecule has 0 aliphatic carbocycles. The van der Waals surface area contributed by atoms with Crippen LogP contribution in [0.15, 0.2) is 30.5 Å². The third-order valence-electron chi connectivity index (χ3n) is 3.44. The number of aryl methyl sites for hydroxylation is 3. The highest BCUT2D eigenvalue weighted by Gasteiger charge is 2.24. The number of hydrogen-bond donors (Lipinski definition) is 2. The molecule has 2 N–H and O–H groups in total. The maximum Gasteiger partial charge on any atom is 0.330 e. The fourth-order valence-electron chi connectivity index (χ4n) is 2.03. The minimum Gasteiger partial charge on any atom is -0.479 e. The molecule has 2 aromatic rings. The van der Waals surface area contributed by atoms with Gasteiger partial charge in [0.1, 0.15) is 5.69 Å². The summed E-state index contributed by atoms with van der Waals surface area (Å²) in [5.74, 6) is -1.57. The van der Waals surface area contributed by atoms with Crippen molar-refractivity contribution in [1.82, 2.24) is 15.1 Å². The average molecular weight is 287 g/mol. The van der Waals surface area contributed by atoms with Crippen LogP contribution in [0.25, 0.3) is 0 Å². The van der Waals surface area contributed by atoms with Gasteiger partial charge in [-0.3, -0.25) is 9.48 Å². The summed E-state index contributed by atoms with van der Waals surface area (Å²) in [7, 11) is 1.63. The van der Waals surface area contributed by atoms with Crippen LogP contribution in [0.2, 0.25) is 0 Å². The Morgan fingerprint density at radius 2 is 1.95 bits per heavy atom. The average Bonchev–Trinajstić information content (AvgIpc) is 2.85. The Hall–Kier alpha value is -2.63. The van der Waals surface area contributed by atoms with Gasteiger partial charge in [-0.25, -0.2) is 4.79 Å². The molecule has 2 rings (SSSR count). The lowest BCUT2D eigenvalue weighted by Gasteiger charge is -2.16. The fourth-order valence-corrected chi connectivity index (χ4v) is 2.03. The lowest BCUT2D eigenvalue weighted by Crippen LogP contribution is -2.34. The van der Waals surface area contributed by atoms with Crippen LogP contribution >= 0.6 is 0 Å². The molecule has 0 aliphatic heterocycles. The molecule has 6 heteroatoms. The topological polar surface area (TPSA) is 84.2 Å². The zero-order chi connectivity index (χ0) is 15.6. The Labute approximate surface area is 122 Å². The maximum atomic E-state index is 12.1. The monoisotopic (exact) mass is 287 g/mol. The van der Waals surface area contributed by atoms with Gasteiger partial charge in [-0.2, -0.15) is 5.10 Å². The smallest absolute Gasteiger partial charge is 0.330 e. The lowest BCUT2D eigenvalue weighted by molar-refractivity contribution is -0.139. The van der Waals surface area contributed by atoms with Crippen molar-refractivity contribution in [3.63, 3.8) is 0 Å². The van der Waals surface area contributed by atoms with E-state index in [0.29, 0.717) is 11.3 Å². The van der Waals surface area contributed by atoms with E-state index in [9.17, 15) is 14.7 Å². The molecule has 0 radical (unpaired) electrons. The first-order chi connectivity index (χ1) is 9.90. The van der Waals surface area contributed by atoms with Crippen molar-refractivity contribution in [1.29, 1.82) is 0 Å². The summed E-state index contributed by atoms with van der Waals surface area (Å²) < 4.78 is 1.40. The number of aliphatic carboxylic acids is 1. The van der Waals surface area contributed by atoms with Gasteiger partial charge in [0.2, 0.25) is 0 Å². The zero-order valence-corrected chi connectivity index (χ0v) is 12.1. The minimum absolute atomic E-state index is 0.310. The molecule has 0 saturated heterocycles. The van der Waals surface area contributed by atoms with Crippen molar-refractivity contribution < 1.29 is 14.7 Å². The zero-order valence-electron chi connectivity index (χ0n) is 12.1. The molecule has 1 amide bonds. The van der Waals surface area contributed by atoms with Crippen LogP contribution in [0.3, 0.4) is 0 Å². The number of carboxylic acid groups (broad SMARTS) is 1. The molecule has 1 heterocycles. The molecule has 1 unspecified atom stereocenters. The number of benzene rings is 1. The Balaban J connectivity index is 2.28. The van der Waals surface area contributed by atoms with Crippen LogP contribution in [0, 0.1) is 13.8 Å². The lowest BCUT2D eigenvalue weighted by atomic mass is 10.0. The van der Waals surface area contributed by atoms with Gasteiger partial charge in [-0.15, -0.1) is 0 Å². The highest BCUT2D eigenvalue weighted by Crippen LogP contribution is 2.18. The van der Waals surface area contributed by atoms with E-state index in [1.165, 1.54) is 16.9 Å². The minimum atomic E-state index is -1.10. The van der Waals surface area contributed by atoms with Crippen molar-refractivity contribution >= 4 is 11.9 Å². The van der Waals surface area contributed by atoms with E-state index in [1.807, 2.05) is 19.9 Å². The number of hydrogen-bond acceptors (Lipinski definition) is 3. The van der Waals surface area contributed by atoms with E-state index in [-0.39, 0.29) is 0 Å². The first-order valence-corrected chi connectivity index (χ1v) is 6.49. The number of carbonyl (C=O) groups is 2. The predicted molar refractivity (Wildman–Crippen MR) is 77.0 cm³/mol. The molecule has 0 fully saturated rings. The van der Waals surface area contributed by atoms with Crippen molar-refractivity contribution in [2.45, 2.75) is 19.9 Å². The quantitative estimate of drug-likeness (QED) is 0.894. The highest BCUT2D eigenvalue weighted by molar-refractivity contribution is 5.95. The van der Waals surface area contributed by atoms with Crippen LogP contribution < -0.4 is 5.32 Å². The SMILES string of the molecule is Cc1ccc(C(NC(=O)c2ccnn2C)C(=O)O)cc1C. The van der Waals surface area contributed by atoms with Crippen LogP contribution in [0.4, 0.5) is 0 Å². The predicted octanol–water partition coefficient (Wildman–Crippen LogP) is 1.59. The summed E-state index contributed by atoms with van der Waals surface area (Å²) >= 11 is 0. The maximum absolute atomic E-state index is 12.1. The molecule has 110 valence electrons. The van der Waals surface area contributed by atoms with Crippen LogP contribution in [0.5, 0.6) is 0 Å². The normalized spacial score (nSPS) is 12.0. The Kier molecular flexibility index (Phi) is 4.07. The van der Waals surface area contributed by atoms with E-state index in [4.69, 9.17) is 0 Å². The summed E-state index contributed by atoms with van der Waals surface area (Å²) in [6.45, 7) is 3.85. The molecule has 6 nitrogen and oxygen atoms in total. The van der Waals surface area contributed by atoms with Gasteiger partial charge in [-0.05, 0) is 36.6 Å². The Morgan fingerprint density at radius 3 is 2.48 bits per heavy atom. The van der Waals surface area contributed by atoms with Crippen molar-refractivity contribution in [3.8, 4) is 0 Å². The molecular weight excluding hydrogens is 270 g/mol. The largest absolute Gasteiger partial charge is 0.479 e. The number of nitrogens with zero attached hydrogens (tertiary/aromatic N) is 2. The summed E-state index contributed by atoms with van der Waals surface area (Å²) in [4.78, 5) is 23.6. The molecule has 21 heavy (non-hydrogen) atoms. The molecule has 0 spiro atoms. The van der Waals surface area contributed by atoms with Gasteiger partial charge < -0.3 is 10.4 Å². The van der Waals surface area contributed by atoms with E-state index < -0.39 is 17.9 Å². The first kappa shape index (κ1) is 14.8. The van der Waals surface area contributed by atoms with Crippen LogP contribution in [-0.4, -0.2) is 26.8 Å². The second kappa shape index (κ2) is 5.78. The summed E-state index contributed by atoms with van der Waals surface area (Å²) in [6, 6.07) is 5.78. The van der Waals surface area contributed by atoms with Gasteiger partial charge >= 0.3 is 5.97 Å². The number of aromatic nitrogens is 2. The van der Waals surface area contributed by atoms with E-state index in [0.717, 1.165) is 11.1 Å². The number of carbonyl (C=O) groups excluding carboxylic acids is 1. The molecular formula is C15H17N3O3. The van der Waals surface area contributed by atoms with Crippen LogP contribution in [0.1, 0.15) is 33.2 Å². The van der Waals surface area contributed by atoms with Crippen molar-refractivity contribution in [3.05, 3.63) is 52.8 Å². The van der Waals surface area contributed by atoms with Gasteiger partial charge in [0.05, 0.1) is 0 Å². The standard InChI is InChI=1S/C15H17N3O3/c1-9-4-5-11(8-10(9)2)13(15(20)21)17-14(19)12-6-7-16-18(12)3/h4-8,13H,1-3H3,(H,17,19)(H,20,21). The number of amides is 1. The van der Waals surface area contributed by atoms with Crippen molar-refractivity contribution in [2.75, 3.05) is 0 Å². The molecule has 1 atom stereocenters. The molecule has 0 bridgehead atoms. The summed E-state index contributed by atoms with van der Waals surface area (Å²) in [6.07, 6.45) is 1.49. The van der Waals surface area contributed by atoms with Gasteiger partial charge in [-0.1, -0.05) is 18.2 Å². The molecule has 0 saturated carbocycles. The van der Waals surface area contributed by atoms with E-state index >= 15 is 0 Å². The Morgan fingerprint density at radius 1 is 1.24 bits per heavy atom. The second-order valence-corrected chi connectivity index (χ2v) is 4.93. The van der Waals surface area contributed by atoms with Gasteiger partial charge in [0, 0.05) is 13.2 Å². The van der Waals surface area contributed by atoms with Gasteiger partial charge in [0.25, 0.3) is 5.91 Å². The summed E-state index contributed by atoms with van der Waals surface area (Å²) in [5, 5.41) is 15.8. The van der Waals surface area contributed by atoms with Gasteiger partial charge in [0.15, 0.2) is 6.04 Å². The van der Waals surface area contributed by atoms with E-state index in [2.05, 4.69) is 10.4 Å². The number of rotatable bonds is 4.